The molecular formula is C21H60O5Si4. The van der Waals surface area contributed by atoms with Crippen molar-refractivity contribution < 1.29 is 21.9 Å². The summed E-state index contributed by atoms with van der Waals surface area (Å²) in [5, 5.41) is 0. The summed E-state index contributed by atoms with van der Waals surface area (Å²) in [6.45, 7) is 23.1. The molecule has 0 saturated carbocycles. The summed E-state index contributed by atoms with van der Waals surface area (Å²) in [5.41, 5.74) is 0. The highest BCUT2D eigenvalue weighted by molar-refractivity contribution is 6.89. The lowest BCUT2D eigenvalue weighted by molar-refractivity contribution is -0.137. The molecule has 190 valence electrons. The predicted octanol–water partition coefficient (Wildman–Crippen LogP) is 8.42. The monoisotopic (exact) mass is 504 g/mol. The molecule has 0 fully saturated rings. The van der Waals surface area contributed by atoms with E-state index in [2.05, 4.69) is 65.5 Å². The molecule has 0 aliphatic rings. The van der Waals surface area contributed by atoms with Gasteiger partial charge in [-0.1, -0.05) is 51.1 Å². The van der Waals surface area contributed by atoms with E-state index in [1.165, 1.54) is 6.08 Å². The quantitative estimate of drug-likeness (QED) is 0.122. The molecule has 0 amide bonds. The van der Waals surface area contributed by atoms with Crippen LogP contribution in [-0.4, -0.2) is 46.3 Å². The number of rotatable bonds is 11. The third-order valence-corrected chi connectivity index (χ3v) is 16.3. The smallest absolute Gasteiger partial charge is 0.330 e. The Labute approximate surface area is 196 Å². The van der Waals surface area contributed by atoms with Gasteiger partial charge in [0.05, 0.1) is 6.61 Å². The van der Waals surface area contributed by atoms with E-state index >= 15 is 0 Å². The molecule has 1 atom stereocenters. The first kappa shape index (κ1) is 47.7. The Hall–Kier alpha value is -0.0425. The molecule has 0 heterocycles. The van der Waals surface area contributed by atoms with Crippen LogP contribution in [-0.2, 0) is 21.9 Å². The van der Waals surface area contributed by atoms with Gasteiger partial charge in [0.1, 0.15) is 0 Å². The molecule has 5 nitrogen and oxygen atoms in total. The van der Waals surface area contributed by atoms with Crippen LogP contribution in [0.15, 0.2) is 12.7 Å². The molecule has 0 aromatic carbocycles. The van der Waals surface area contributed by atoms with Crippen molar-refractivity contribution >= 4 is 39.7 Å². The van der Waals surface area contributed by atoms with Gasteiger partial charge in [0, 0.05) is 6.08 Å². The average Bonchev–Trinajstić information content (AvgIpc) is 2.27. The Morgan fingerprint density at radius 1 is 0.733 bits per heavy atom. The van der Waals surface area contributed by atoms with Gasteiger partial charge in [0.2, 0.25) is 0 Å². The highest BCUT2D eigenvalue weighted by Crippen LogP contribution is 2.27. The largest absolute Gasteiger partial charge is 0.463 e. The summed E-state index contributed by atoms with van der Waals surface area (Å²) >= 11 is 0. The fourth-order valence-corrected chi connectivity index (χ4v) is 20.6. The molecule has 9 heteroatoms. The van der Waals surface area contributed by atoms with E-state index in [4.69, 9.17) is 17.1 Å². The van der Waals surface area contributed by atoms with Gasteiger partial charge >= 0.3 is 23.1 Å². The van der Waals surface area contributed by atoms with Crippen molar-refractivity contribution in [2.24, 2.45) is 0 Å². The fourth-order valence-electron chi connectivity index (χ4n) is 2.67. The Balaban J connectivity index is -0.000000176. The molecular weight excluding hydrogens is 445 g/mol. The van der Waals surface area contributed by atoms with E-state index in [9.17, 15) is 4.79 Å². The van der Waals surface area contributed by atoms with Gasteiger partial charge in [-0.05, 0) is 71.4 Å². The zero-order chi connectivity index (χ0) is 19.2. The molecule has 0 aliphatic heterocycles. The SMILES string of the molecule is C.C.C.C.C.C.C=CC(=O)OCCC[Si](C)(O[Si](C)(C)C)O[Si](C)(C)O[Si](C)(C)C. The van der Waals surface area contributed by atoms with E-state index in [1.54, 1.807) is 0 Å². The van der Waals surface area contributed by atoms with Crippen molar-refractivity contribution in [1.29, 1.82) is 0 Å². The molecule has 0 radical (unpaired) electrons. The first-order valence-corrected chi connectivity index (χ1v) is 20.6. The Kier molecular flexibility index (Phi) is 29.4. The van der Waals surface area contributed by atoms with Gasteiger partial charge in [-0.25, -0.2) is 4.79 Å². The van der Waals surface area contributed by atoms with Crippen molar-refractivity contribution in [2.45, 2.75) is 116 Å². The third kappa shape index (κ3) is 26.0. The second kappa shape index (κ2) is 18.5. The van der Waals surface area contributed by atoms with E-state index in [0.29, 0.717) is 6.61 Å². The lowest BCUT2D eigenvalue weighted by atomic mass is 10.5. The molecule has 0 aliphatic carbocycles. The first-order valence-electron chi connectivity index (χ1n) is 8.47. The van der Waals surface area contributed by atoms with Gasteiger partial charge in [-0.2, -0.15) is 0 Å². The van der Waals surface area contributed by atoms with Crippen LogP contribution >= 0.6 is 0 Å². The molecule has 0 spiro atoms. The lowest BCUT2D eigenvalue weighted by Crippen LogP contribution is -2.56. The van der Waals surface area contributed by atoms with Crippen LogP contribution in [0.1, 0.15) is 51.0 Å². The van der Waals surface area contributed by atoms with Crippen molar-refractivity contribution in [3.05, 3.63) is 12.7 Å². The summed E-state index contributed by atoms with van der Waals surface area (Å²) in [6.07, 6.45) is 1.91. The number of hydrogen-bond donors (Lipinski definition) is 0. The topological polar surface area (TPSA) is 54.0 Å². The number of esters is 1. The maximum absolute atomic E-state index is 11.2. The zero-order valence-electron chi connectivity index (χ0n) is 16.9. The minimum atomic E-state index is -2.40. The van der Waals surface area contributed by atoms with Gasteiger partial charge < -0.3 is 17.1 Å². The van der Waals surface area contributed by atoms with Crippen molar-refractivity contribution in [3.63, 3.8) is 0 Å². The minimum absolute atomic E-state index is 0. The molecule has 1 unspecified atom stereocenters. The van der Waals surface area contributed by atoms with Crippen LogP contribution in [0, 0.1) is 0 Å². The maximum atomic E-state index is 11.2. The van der Waals surface area contributed by atoms with E-state index in [1.807, 2.05) is 0 Å². The molecule has 0 aromatic rings. The molecule has 0 N–H and O–H groups in total. The summed E-state index contributed by atoms with van der Waals surface area (Å²) < 4.78 is 24.4. The number of carbonyl (C=O) groups is 1. The van der Waals surface area contributed by atoms with Crippen LogP contribution in [0.3, 0.4) is 0 Å². The summed E-state index contributed by atoms with van der Waals surface area (Å²) in [7, 11) is -8.09. The molecule has 0 rings (SSSR count). The van der Waals surface area contributed by atoms with Gasteiger partial charge in [0.15, 0.2) is 16.6 Å². The average molecular weight is 505 g/mol. The second-order valence-electron chi connectivity index (χ2n) is 8.54. The van der Waals surface area contributed by atoms with Crippen LogP contribution in [0.4, 0.5) is 0 Å². The number of hydrogen-bond acceptors (Lipinski definition) is 5. The fraction of sp³-hybridized carbons (Fsp3) is 0.857. The van der Waals surface area contributed by atoms with Crippen molar-refractivity contribution in [3.8, 4) is 0 Å². The second-order valence-corrected chi connectivity index (χ2v) is 25.0. The summed E-state index contributed by atoms with van der Waals surface area (Å²) in [5.74, 6) is -0.387. The molecule has 0 bridgehead atoms. The molecule has 0 aromatic heterocycles. The van der Waals surface area contributed by atoms with Crippen molar-refractivity contribution in [1.82, 2.24) is 0 Å². The first-order chi connectivity index (χ1) is 10.6. The van der Waals surface area contributed by atoms with Crippen LogP contribution in [0.5, 0.6) is 0 Å². The van der Waals surface area contributed by atoms with Gasteiger partial charge in [0.25, 0.3) is 0 Å². The van der Waals surface area contributed by atoms with E-state index in [0.717, 1.165) is 12.5 Å². The highest BCUT2D eigenvalue weighted by atomic mass is 28.5. The minimum Gasteiger partial charge on any atom is -0.463 e. The number of ether oxygens (including phenoxy) is 1. The normalized spacial score (nSPS) is 12.6. The number of carbonyl (C=O) groups excluding carboxylic acids is 1. The standard InChI is InChI=1S/C15H36O5Si4.6CH4/c1-11-15(16)17-13-12-14-24(10,19-22(5,6)7)20-23(8,9)18-21(2,3)4;;;;;;/h11H,1,12-14H2,2-10H3;6*1H4. The summed E-state index contributed by atoms with van der Waals surface area (Å²) in [4.78, 5) is 11.2. The zero-order valence-corrected chi connectivity index (χ0v) is 20.9. The van der Waals surface area contributed by atoms with Gasteiger partial charge in [-0.15, -0.1) is 0 Å². The summed E-state index contributed by atoms with van der Waals surface area (Å²) in [6, 6.07) is 0.785. The van der Waals surface area contributed by atoms with Crippen LogP contribution < -0.4 is 0 Å². The molecule has 30 heavy (non-hydrogen) atoms. The van der Waals surface area contributed by atoms with Crippen LogP contribution in [0.25, 0.3) is 0 Å². The third-order valence-electron chi connectivity index (χ3n) is 2.72. The van der Waals surface area contributed by atoms with E-state index < -0.39 is 33.8 Å². The van der Waals surface area contributed by atoms with Gasteiger partial charge in [-0.3, -0.25) is 0 Å². The van der Waals surface area contributed by atoms with E-state index in [-0.39, 0.29) is 50.5 Å². The Morgan fingerprint density at radius 3 is 1.47 bits per heavy atom. The highest BCUT2D eigenvalue weighted by Gasteiger charge is 2.44. The maximum Gasteiger partial charge on any atom is 0.330 e. The Bertz CT molecular complexity index is 432. The Morgan fingerprint density at radius 2 is 1.13 bits per heavy atom. The van der Waals surface area contributed by atoms with Crippen molar-refractivity contribution in [2.75, 3.05) is 6.61 Å². The molecule has 0 saturated heterocycles. The van der Waals surface area contributed by atoms with Crippen LogP contribution in [0.2, 0.25) is 65.0 Å². The lowest BCUT2D eigenvalue weighted by Gasteiger charge is -2.41. The predicted molar refractivity (Wildman–Crippen MR) is 150 cm³/mol.